The van der Waals surface area contributed by atoms with Crippen LogP contribution in [0.15, 0.2) is 42.5 Å². The van der Waals surface area contributed by atoms with Crippen LogP contribution in [0.2, 0.25) is 0 Å². The molecule has 1 heterocycles. The van der Waals surface area contributed by atoms with Gasteiger partial charge in [-0.1, -0.05) is 36.4 Å². The van der Waals surface area contributed by atoms with E-state index in [2.05, 4.69) is 5.32 Å². The Morgan fingerprint density at radius 1 is 1.15 bits per heavy atom. The third kappa shape index (κ3) is 5.27. The highest BCUT2D eigenvalue weighted by Crippen LogP contribution is 2.40. The topological polar surface area (TPSA) is 81.7 Å². The van der Waals surface area contributed by atoms with Crippen molar-refractivity contribution in [1.29, 1.82) is 0 Å². The minimum Gasteiger partial charge on any atom is -0.462 e. The monoisotopic (exact) mass is 387 g/mol. The molecule has 0 spiro atoms. The first-order chi connectivity index (χ1) is 13.0. The van der Waals surface area contributed by atoms with Gasteiger partial charge in [0.05, 0.1) is 6.61 Å². The Morgan fingerprint density at radius 2 is 1.85 bits per heavy atom. The summed E-state index contributed by atoms with van der Waals surface area (Å²) in [7, 11) is 0. The van der Waals surface area contributed by atoms with Crippen molar-refractivity contribution in [2.75, 3.05) is 18.5 Å². The SMILES string of the molecule is C/C=C/C(=O)OCC(=O)Nc1sc(C)c(-c2ccccc2)c1C(=O)OCC. The molecule has 0 saturated heterocycles. The number of rotatable bonds is 7. The van der Waals surface area contributed by atoms with Gasteiger partial charge in [0.1, 0.15) is 10.6 Å². The van der Waals surface area contributed by atoms with Crippen LogP contribution in [0.4, 0.5) is 5.00 Å². The van der Waals surface area contributed by atoms with E-state index >= 15 is 0 Å². The van der Waals surface area contributed by atoms with Gasteiger partial charge >= 0.3 is 11.9 Å². The average molecular weight is 387 g/mol. The fourth-order valence-corrected chi connectivity index (χ4v) is 3.55. The fraction of sp³-hybridized carbons (Fsp3) is 0.250. The van der Waals surface area contributed by atoms with Crippen molar-refractivity contribution in [3.63, 3.8) is 0 Å². The number of amides is 1. The standard InChI is InChI=1S/C20H21NO5S/c1-4-9-16(23)26-12-15(22)21-19-18(20(24)25-5-2)17(13(3)27-19)14-10-7-6-8-11-14/h4,6-11H,5,12H2,1-3H3,(H,21,22)/b9-4+. The van der Waals surface area contributed by atoms with Gasteiger partial charge in [-0.2, -0.15) is 0 Å². The van der Waals surface area contributed by atoms with Crippen molar-refractivity contribution in [3.8, 4) is 11.1 Å². The van der Waals surface area contributed by atoms with Crippen LogP contribution in [0, 0.1) is 6.92 Å². The maximum atomic E-state index is 12.5. The van der Waals surface area contributed by atoms with Gasteiger partial charge in [0.2, 0.25) is 0 Å². The number of esters is 2. The molecule has 0 atom stereocenters. The van der Waals surface area contributed by atoms with Crippen molar-refractivity contribution >= 4 is 34.2 Å². The summed E-state index contributed by atoms with van der Waals surface area (Å²) >= 11 is 1.28. The first-order valence-electron chi connectivity index (χ1n) is 8.43. The van der Waals surface area contributed by atoms with Gasteiger partial charge in [-0.05, 0) is 26.3 Å². The molecule has 2 aromatic rings. The molecule has 1 aromatic carbocycles. The zero-order valence-corrected chi connectivity index (χ0v) is 16.2. The quantitative estimate of drug-likeness (QED) is 0.574. The molecular formula is C20H21NO5S. The molecule has 142 valence electrons. The first-order valence-corrected chi connectivity index (χ1v) is 9.24. The van der Waals surface area contributed by atoms with Crippen LogP contribution in [0.25, 0.3) is 11.1 Å². The normalized spacial score (nSPS) is 10.6. The summed E-state index contributed by atoms with van der Waals surface area (Å²) in [5.74, 6) is -1.65. The number of hydrogen-bond acceptors (Lipinski definition) is 6. The van der Waals surface area contributed by atoms with Gasteiger partial charge in [0, 0.05) is 16.5 Å². The lowest BCUT2D eigenvalue weighted by molar-refractivity contribution is -0.142. The van der Waals surface area contributed by atoms with Gasteiger partial charge in [-0.25, -0.2) is 9.59 Å². The maximum Gasteiger partial charge on any atom is 0.341 e. The third-order valence-electron chi connectivity index (χ3n) is 3.53. The number of thiophene rings is 1. The number of hydrogen-bond donors (Lipinski definition) is 1. The van der Waals surface area contributed by atoms with E-state index in [9.17, 15) is 14.4 Å². The molecule has 0 fully saturated rings. The summed E-state index contributed by atoms with van der Waals surface area (Å²) in [6, 6.07) is 9.42. The Labute approximate surface area is 161 Å². The number of ether oxygens (including phenoxy) is 2. The van der Waals surface area contributed by atoms with E-state index in [1.54, 1.807) is 13.8 Å². The van der Waals surface area contributed by atoms with Crippen molar-refractivity contribution < 1.29 is 23.9 Å². The third-order valence-corrected chi connectivity index (χ3v) is 4.55. The molecule has 1 aromatic heterocycles. The molecular weight excluding hydrogens is 366 g/mol. The molecule has 0 radical (unpaired) electrons. The minimum absolute atomic E-state index is 0.219. The number of carbonyl (C=O) groups is 3. The first kappa shape index (κ1) is 20.4. The van der Waals surface area contributed by atoms with E-state index in [0.717, 1.165) is 16.0 Å². The molecule has 6 nitrogen and oxygen atoms in total. The summed E-state index contributed by atoms with van der Waals surface area (Å²) in [5, 5.41) is 3.03. The highest BCUT2D eigenvalue weighted by Gasteiger charge is 2.25. The Kier molecular flexibility index (Phi) is 7.31. The number of allylic oxidation sites excluding steroid dienone is 1. The molecule has 1 N–H and O–H groups in total. The van der Waals surface area contributed by atoms with Gasteiger partial charge in [0.15, 0.2) is 6.61 Å². The predicted octanol–water partition coefficient (Wildman–Crippen LogP) is 3.96. The molecule has 7 heteroatoms. The molecule has 0 aliphatic rings. The molecule has 0 saturated carbocycles. The molecule has 0 unspecified atom stereocenters. The van der Waals surface area contributed by atoms with E-state index in [1.165, 1.54) is 23.5 Å². The van der Waals surface area contributed by atoms with Gasteiger partial charge in [0.25, 0.3) is 5.91 Å². The Bertz CT molecular complexity index is 855. The van der Waals surface area contributed by atoms with Gasteiger partial charge in [-0.15, -0.1) is 11.3 Å². The van der Waals surface area contributed by atoms with Crippen LogP contribution in [-0.2, 0) is 19.1 Å². The number of carbonyl (C=O) groups excluding carboxylic acids is 3. The van der Waals surface area contributed by atoms with Gasteiger partial charge < -0.3 is 14.8 Å². The van der Waals surface area contributed by atoms with Crippen molar-refractivity contribution in [1.82, 2.24) is 0 Å². The lowest BCUT2D eigenvalue weighted by atomic mass is 10.0. The Morgan fingerprint density at radius 3 is 2.48 bits per heavy atom. The average Bonchev–Trinajstić information content (AvgIpc) is 2.97. The number of nitrogens with one attached hydrogen (secondary N) is 1. The van der Waals surface area contributed by atoms with Crippen molar-refractivity contribution in [2.24, 2.45) is 0 Å². The second-order valence-corrected chi connectivity index (χ2v) is 6.70. The van der Waals surface area contributed by atoms with Crippen molar-refractivity contribution in [2.45, 2.75) is 20.8 Å². The maximum absolute atomic E-state index is 12.5. The Balaban J connectivity index is 2.32. The van der Waals surface area contributed by atoms with E-state index in [-0.39, 0.29) is 6.61 Å². The zero-order chi connectivity index (χ0) is 19.8. The minimum atomic E-state index is -0.606. The van der Waals surface area contributed by atoms with Crippen LogP contribution >= 0.6 is 11.3 Å². The highest BCUT2D eigenvalue weighted by atomic mass is 32.1. The summed E-state index contributed by atoms with van der Waals surface area (Å²) in [6.45, 7) is 5.04. The smallest absolute Gasteiger partial charge is 0.341 e. The van der Waals surface area contributed by atoms with Crippen LogP contribution in [0.5, 0.6) is 0 Å². The van der Waals surface area contributed by atoms with Gasteiger partial charge in [-0.3, -0.25) is 4.79 Å². The van der Waals surface area contributed by atoms with E-state index in [0.29, 0.717) is 10.6 Å². The largest absolute Gasteiger partial charge is 0.462 e. The molecule has 2 rings (SSSR count). The molecule has 0 bridgehead atoms. The molecule has 0 aliphatic heterocycles. The lowest BCUT2D eigenvalue weighted by Gasteiger charge is -2.09. The van der Waals surface area contributed by atoms with Crippen molar-refractivity contribution in [3.05, 3.63) is 52.9 Å². The number of aryl methyl sites for hydroxylation is 1. The van der Waals surface area contributed by atoms with Crippen LogP contribution in [0.1, 0.15) is 29.1 Å². The predicted molar refractivity (Wildman–Crippen MR) is 105 cm³/mol. The van der Waals surface area contributed by atoms with E-state index in [4.69, 9.17) is 9.47 Å². The molecule has 27 heavy (non-hydrogen) atoms. The number of anilines is 1. The second kappa shape index (κ2) is 9.68. The number of benzene rings is 1. The second-order valence-electron chi connectivity index (χ2n) is 5.48. The summed E-state index contributed by atoms with van der Waals surface area (Å²) < 4.78 is 10.0. The van der Waals surface area contributed by atoms with Crippen LogP contribution in [-0.4, -0.2) is 31.1 Å². The molecule has 0 aliphatic carbocycles. The summed E-state index contributed by atoms with van der Waals surface area (Å²) in [4.78, 5) is 36.9. The van der Waals surface area contributed by atoms with Crippen LogP contribution in [0.3, 0.4) is 0 Å². The Hall–Kier alpha value is -2.93. The van der Waals surface area contributed by atoms with E-state index < -0.39 is 24.5 Å². The highest BCUT2D eigenvalue weighted by molar-refractivity contribution is 7.17. The molecule has 1 amide bonds. The lowest BCUT2D eigenvalue weighted by Crippen LogP contribution is -2.21. The fourth-order valence-electron chi connectivity index (χ4n) is 2.47. The summed E-state index contributed by atoms with van der Waals surface area (Å²) in [6.07, 6.45) is 2.74. The zero-order valence-electron chi connectivity index (χ0n) is 15.4. The van der Waals surface area contributed by atoms with Crippen LogP contribution < -0.4 is 5.32 Å². The summed E-state index contributed by atoms with van der Waals surface area (Å²) in [5.41, 5.74) is 1.88. The van der Waals surface area contributed by atoms with E-state index in [1.807, 2.05) is 37.3 Å².